The zero-order valence-corrected chi connectivity index (χ0v) is 8.05. The lowest BCUT2D eigenvalue weighted by Gasteiger charge is -1.93. The number of nitrogens with one attached hydrogen (secondary N) is 2. The van der Waals surface area contributed by atoms with E-state index in [-0.39, 0.29) is 5.15 Å². The summed E-state index contributed by atoms with van der Waals surface area (Å²) in [5.41, 5.74) is 1.02. The number of rotatable bonds is 1. The highest BCUT2D eigenvalue weighted by Crippen LogP contribution is 2.21. The molecule has 0 radical (unpaired) electrons. The highest BCUT2D eigenvalue weighted by atomic mass is 35.5. The number of carbonyl (C=O) groups is 1. The summed E-state index contributed by atoms with van der Waals surface area (Å²) >= 11 is 5.85. The predicted octanol–water partition coefficient (Wildman–Crippen LogP) is 0.817. The number of ether oxygens (including phenoxy) is 1. The second-order valence-electron chi connectivity index (χ2n) is 2.64. The Morgan fingerprint density at radius 2 is 2.50 bits per heavy atom. The number of hydrogen-bond donors (Lipinski definition) is 1. The van der Waals surface area contributed by atoms with Crippen LogP contribution in [0.5, 0.6) is 0 Å². The summed E-state index contributed by atoms with van der Waals surface area (Å²) in [6.45, 7) is 0. The van der Waals surface area contributed by atoms with Crippen molar-refractivity contribution in [3.63, 3.8) is 0 Å². The second-order valence-corrected chi connectivity index (χ2v) is 3.00. The first-order valence-electron chi connectivity index (χ1n) is 3.85. The number of carbonyl (C=O) groups excluding carboxylic acids is 1. The van der Waals surface area contributed by atoms with Gasteiger partial charge < -0.3 is 4.74 Å². The maximum Gasteiger partial charge on any atom is 0.341 e. The molecule has 5 nitrogen and oxygen atoms in total. The summed E-state index contributed by atoms with van der Waals surface area (Å²) in [5, 5.41) is 0.807. The topological polar surface area (TPSA) is 69.1 Å². The van der Waals surface area contributed by atoms with Gasteiger partial charge in [-0.2, -0.15) is 0 Å². The summed E-state index contributed by atoms with van der Waals surface area (Å²) in [5.74, 6) is -0.445. The highest BCUT2D eigenvalue weighted by molar-refractivity contribution is 6.35. The third-order valence-corrected chi connectivity index (χ3v) is 2.17. The van der Waals surface area contributed by atoms with Crippen LogP contribution in [0.15, 0.2) is 12.5 Å². The third kappa shape index (κ3) is 1.22. The first-order valence-corrected chi connectivity index (χ1v) is 4.23. The Hall–Kier alpha value is -1.62. The van der Waals surface area contributed by atoms with Gasteiger partial charge in [0.25, 0.3) is 0 Å². The quantitative estimate of drug-likeness (QED) is 0.562. The van der Waals surface area contributed by atoms with Crippen molar-refractivity contribution in [3.05, 3.63) is 23.2 Å². The molecule has 72 valence electrons. The Bertz CT molecular complexity index is 494. The average molecular weight is 213 g/mol. The molecule has 0 atom stereocenters. The minimum atomic E-state index is -0.445. The molecule has 2 aromatic rings. The first-order chi connectivity index (χ1) is 6.74. The molecule has 2 N–H and O–H groups in total. The Morgan fingerprint density at radius 3 is 3.21 bits per heavy atom. The number of H-pyrrole nitrogens is 2. The van der Waals surface area contributed by atoms with Crippen LogP contribution >= 0.6 is 11.6 Å². The third-order valence-electron chi connectivity index (χ3n) is 1.88. The molecule has 0 saturated heterocycles. The molecule has 2 heterocycles. The van der Waals surface area contributed by atoms with Gasteiger partial charge in [0.05, 0.1) is 13.3 Å². The van der Waals surface area contributed by atoms with E-state index >= 15 is 0 Å². The van der Waals surface area contributed by atoms with Crippen molar-refractivity contribution in [1.82, 2.24) is 9.97 Å². The minimum absolute atomic E-state index is 0.264. The Morgan fingerprint density at radius 1 is 1.71 bits per heavy atom. The zero-order chi connectivity index (χ0) is 10.1. The Balaban J connectivity index is 2.73. The maximum absolute atomic E-state index is 11.3. The van der Waals surface area contributed by atoms with Gasteiger partial charge in [0, 0.05) is 0 Å². The lowest BCUT2D eigenvalue weighted by molar-refractivity contribution is -0.352. The highest BCUT2D eigenvalue weighted by Gasteiger charge is 2.19. The Labute approximate surface area is 84.1 Å². The molecular weight excluding hydrogens is 206 g/mol. The van der Waals surface area contributed by atoms with Crippen LogP contribution in [0.1, 0.15) is 10.4 Å². The fourth-order valence-corrected chi connectivity index (χ4v) is 1.49. The molecule has 0 spiro atoms. The lowest BCUT2D eigenvalue weighted by Crippen LogP contribution is -2.06. The SMILES string of the molecule is COC(=O)c1c[nH]c2[nH+]cnc(Cl)c12. The molecular formula is C8H7ClN3O2+. The van der Waals surface area contributed by atoms with Gasteiger partial charge in [-0.1, -0.05) is 4.98 Å². The molecule has 2 rings (SSSR count). The second kappa shape index (κ2) is 3.26. The van der Waals surface area contributed by atoms with Gasteiger partial charge >= 0.3 is 5.97 Å². The van der Waals surface area contributed by atoms with Crippen LogP contribution in [0.4, 0.5) is 0 Å². The first kappa shape index (κ1) is 8.96. The normalized spacial score (nSPS) is 10.4. The van der Waals surface area contributed by atoms with E-state index in [1.807, 2.05) is 0 Å². The number of methoxy groups -OCH3 is 1. The van der Waals surface area contributed by atoms with Crippen molar-refractivity contribution in [3.8, 4) is 0 Å². The Kier molecular flexibility index (Phi) is 2.09. The number of fused-ring (bicyclic) bond motifs is 1. The minimum Gasteiger partial charge on any atom is -0.465 e. The van der Waals surface area contributed by atoms with Crippen LogP contribution < -0.4 is 4.98 Å². The predicted molar refractivity (Wildman–Crippen MR) is 49.0 cm³/mol. The fraction of sp³-hybridized carbons (Fsp3) is 0.125. The van der Waals surface area contributed by atoms with Crippen LogP contribution in [-0.2, 0) is 4.74 Å². The molecule has 0 bridgehead atoms. The smallest absolute Gasteiger partial charge is 0.341 e. The molecule has 0 aliphatic heterocycles. The monoisotopic (exact) mass is 212 g/mol. The number of aromatic nitrogens is 3. The van der Waals surface area contributed by atoms with E-state index < -0.39 is 5.97 Å². The van der Waals surface area contributed by atoms with E-state index in [2.05, 4.69) is 19.7 Å². The molecule has 0 aliphatic rings. The van der Waals surface area contributed by atoms with Gasteiger partial charge in [-0.3, -0.25) is 4.98 Å². The number of aromatic amines is 2. The van der Waals surface area contributed by atoms with E-state index in [1.165, 1.54) is 19.6 Å². The van der Waals surface area contributed by atoms with Crippen molar-refractivity contribution in [2.24, 2.45) is 0 Å². The molecule has 0 aromatic carbocycles. The van der Waals surface area contributed by atoms with Gasteiger partial charge in [0.1, 0.15) is 10.9 Å². The number of esters is 1. The standard InChI is InChI=1S/C8H6ClN3O2/c1-14-8(13)4-2-10-7-5(4)6(9)11-3-12-7/h2-3H,1H3,(H,10,11,12)/p+1. The zero-order valence-electron chi connectivity index (χ0n) is 7.30. The molecule has 0 amide bonds. The number of hydrogen-bond acceptors (Lipinski definition) is 3. The molecule has 0 fully saturated rings. The summed E-state index contributed by atoms with van der Waals surface area (Å²) in [4.78, 5) is 20.8. The van der Waals surface area contributed by atoms with Crippen molar-refractivity contribution < 1.29 is 14.5 Å². The van der Waals surface area contributed by atoms with E-state index in [0.29, 0.717) is 16.6 Å². The molecule has 0 aliphatic carbocycles. The number of nitrogens with zero attached hydrogens (tertiary/aromatic N) is 1. The number of halogens is 1. The van der Waals surface area contributed by atoms with Gasteiger partial charge in [0.15, 0.2) is 0 Å². The van der Waals surface area contributed by atoms with E-state index in [4.69, 9.17) is 11.6 Å². The maximum atomic E-state index is 11.3. The van der Waals surface area contributed by atoms with Crippen molar-refractivity contribution in [2.75, 3.05) is 7.11 Å². The van der Waals surface area contributed by atoms with Crippen LogP contribution in [0.3, 0.4) is 0 Å². The van der Waals surface area contributed by atoms with Crippen molar-refractivity contribution >= 4 is 28.6 Å². The molecule has 6 heteroatoms. The van der Waals surface area contributed by atoms with Gasteiger partial charge in [-0.15, -0.1) is 0 Å². The van der Waals surface area contributed by atoms with Gasteiger partial charge in [-0.25, -0.2) is 9.78 Å². The van der Waals surface area contributed by atoms with Gasteiger partial charge in [-0.05, 0) is 11.6 Å². The summed E-state index contributed by atoms with van der Waals surface area (Å²) in [6.07, 6.45) is 2.97. The van der Waals surface area contributed by atoms with Crippen molar-refractivity contribution in [2.45, 2.75) is 0 Å². The van der Waals surface area contributed by atoms with Crippen LogP contribution in [-0.4, -0.2) is 23.0 Å². The largest absolute Gasteiger partial charge is 0.465 e. The average Bonchev–Trinajstić information content (AvgIpc) is 2.62. The van der Waals surface area contributed by atoms with Crippen LogP contribution in [0.25, 0.3) is 11.0 Å². The van der Waals surface area contributed by atoms with E-state index in [9.17, 15) is 4.79 Å². The van der Waals surface area contributed by atoms with E-state index in [0.717, 1.165) is 0 Å². The van der Waals surface area contributed by atoms with E-state index in [1.54, 1.807) is 0 Å². The van der Waals surface area contributed by atoms with Gasteiger partial charge in [0.2, 0.25) is 17.1 Å². The molecule has 0 saturated carbocycles. The molecule has 14 heavy (non-hydrogen) atoms. The summed E-state index contributed by atoms with van der Waals surface area (Å²) in [6, 6.07) is 0. The molecule has 2 aromatic heterocycles. The lowest BCUT2D eigenvalue weighted by atomic mass is 10.2. The summed E-state index contributed by atoms with van der Waals surface area (Å²) in [7, 11) is 1.31. The van der Waals surface area contributed by atoms with Crippen molar-refractivity contribution in [1.29, 1.82) is 0 Å². The van der Waals surface area contributed by atoms with Crippen LogP contribution in [0.2, 0.25) is 5.15 Å². The van der Waals surface area contributed by atoms with Crippen LogP contribution in [0, 0.1) is 0 Å². The molecule has 0 unspecified atom stereocenters. The fourth-order valence-electron chi connectivity index (χ4n) is 1.24. The summed E-state index contributed by atoms with van der Waals surface area (Å²) < 4.78 is 4.60.